The van der Waals surface area contributed by atoms with E-state index in [1.807, 2.05) is 52.0 Å². The van der Waals surface area contributed by atoms with Crippen LogP contribution >= 0.6 is 0 Å². The summed E-state index contributed by atoms with van der Waals surface area (Å²) in [5, 5.41) is 1.83. The van der Waals surface area contributed by atoms with Gasteiger partial charge in [0.2, 0.25) is 0 Å². The molecule has 0 saturated carbocycles. The number of hydrogen-bond acceptors (Lipinski definition) is 3. The van der Waals surface area contributed by atoms with E-state index in [4.69, 9.17) is 14.0 Å². The molecule has 2 aromatic carbocycles. The first-order chi connectivity index (χ1) is 12.0. The van der Waals surface area contributed by atoms with Crippen LogP contribution in [0.15, 0.2) is 36.4 Å². The highest BCUT2D eigenvalue weighted by Crippen LogP contribution is 2.36. The lowest BCUT2D eigenvalue weighted by atomic mass is 9.78. The SMILES string of the molecule is CC1(C)OB(c2ccc3cc(OCCC(F)(F)F)ccc3c2)OC1(C)C. The van der Waals surface area contributed by atoms with Gasteiger partial charge < -0.3 is 14.0 Å². The largest absolute Gasteiger partial charge is 0.494 e. The van der Waals surface area contributed by atoms with Crippen molar-refractivity contribution >= 4 is 23.4 Å². The molecule has 140 valence electrons. The summed E-state index contributed by atoms with van der Waals surface area (Å²) >= 11 is 0. The van der Waals surface area contributed by atoms with Crippen molar-refractivity contribution in [1.29, 1.82) is 0 Å². The minimum absolute atomic E-state index is 0.388. The first kappa shape index (κ1) is 19.0. The second-order valence-corrected chi connectivity index (χ2v) is 7.57. The molecule has 0 radical (unpaired) electrons. The average Bonchev–Trinajstić information content (AvgIpc) is 2.73. The lowest BCUT2D eigenvalue weighted by molar-refractivity contribution is -0.139. The van der Waals surface area contributed by atoms with Gasteiger partial charge in [-0.15, -0.1) is 0 Å². The third kappa shape index (κ3) is 3.99. The van der Waals surface area contributed by atoms with Crippen LogP contribution in [0.5, 0.6) is 5.75 Å². The normalized spacial score (nSPS) is 19.1. The summed E-state index contributed by atoms with van der Waals surface area (Å²) < 4.78 is 53.9. The lowest BCUT2D eigenvalue weighted by Crippen LogP contribution is -2.41. The highest BCUT2D eigenvalue weighted by atomic mass is 19.4. The molecule has 3 nitrogen and oxygen atoms in total. The number of ether oxygens (including phenoxy) is 1. The van der Waals surface area contributed by atoms with Gasteiger partial charge in [-0.1, -0.05) is 24.3 Å². The maximum atomic E-state index is 12.2. The van der Waals surface area contributed by atoms with E-state index in [1.54, 1.807) is 12.1 Å². The van der Waals surface area contributed by atoms with Crippen molar-refractivity contribution in [3.05, 3.63) is 36.4 Å². The Labute approximate surface area is 151 Å². The van der Waals surface area contributed by atoms with Gasteiger partial charge in [0.05, 0.1) is 24.2 Å². The molecule has 26 heavy (non-hydrogen) atoms. The quantitative estimate of drug-likeness (QED) is 0.748. The Balaban J connectivity index is 1.75. The van der Waals surface area contributed by atoms with Crippen molar-refractivity contribution < 1.29 is 27.2 Å². The minimum atomic E-state index is -4.21. The monoisotopic (exact) mass is 366 g/mol. The van der Waals surface area contributed by atoms with Gasteiger partial charge in [0.15, 0.2) is 0 Å². The second-order valence-electron chi connectivity index (χ2n) is 7.57. The van der Waals surface area contributed by atoms with Crippen LogP contribution in [0.25, 0.3) is 10.8 Å². The topological polar surface area (TPSA) is 27.7 Å². The van der Waals surface area contributed by atoms with Crippen molar-refractivity contribution in [3.63, 3.8) is 0 Å². The molecule has 0 aromatic heterocycles. The van der Waals surface area contributed by atoms with E-state index >= 15 is 0 Å². The van der Waals surface area contributed by atoms with Crippen molar-refractivity contribution in [2.45, 2.75) is 51.5 Å². The van der Waals surface area contributed by atoms with Gasteiger partial charge in [-0.25, -0.2) is 0 Å². The first-order valence-electron chi connectivity index (χ1n) is 8.56. The molecule has 0 atom stereocenters. The minimum Gasteiger partial charge on any atom is -0.493 e. The smallest absolute Gasteiger partial charge is 0.493 e. The van der Waals surface area contributed by atoms with Crippen molar-refractivity contribution in [2.24, 2.45) is 0 Å². The van der Waals surface area contributed by atoms with E-state index in [2.05, 4.69) is 0 Å². The maximum absolute atomic E-state index is 12.2. The molecule has 1 aliphatic heterocycles. The van der Waals surface area contributed by atoms with E-state index in [0.717, 1.165) is 16.2 Å². The number of benzene rings is 2. The molecule has 0 unspecified atom stereocenters. The maximum Gasteiger partial charge on any atom is 0.494 e. The fourth-order valence-electron chi connectivity index (χ4n) is 2.74. The van der Waals surface area contributed by atoms with Crippen LogP contribution in [0.4, 0.5) is 13.2 Å². The van der Waals surface area contributed by atoms with E-state index in [0.29, 0.717) is 5.75 Å². The molecule has 1 aliphatic rings. The Morgan fingerprint density at radius 3 is 2.12 bits per heavy atom. The third-order valence-electron chi connectivity index (χ3n) is 5.02. The van der Waals surface area contributed by atoms with E-state index in [9.17, 15) is 13.2 Å². The molecule has 0 amide bonds. The standard InChI is InChI=1S/C19H22BF3O3/c1-17(2)18(3,4)26-20(25-17)15-7-5-14-12-16(8-6-13(14)11-15)24-10-9-19(21,22)23/h5-8,11-12H,9-10H2,1-4H3. The van der Waals surface area contributed by atoms with Gasteiger partial charge in [0.25, 0.3) is 0 Å². The fraction of sp³-hybridized carbons (Fsp3) is 0.474. The van der Waals surface area contributed by atoms with Crippen LogP contribution in [0.3, 0.4) is 0 Å². The van der Waals surface area contributed by atoms with Gasteiger partial charge in [-0.05, 0) is 56.1 Å². The number of alkyl halides is 3. The number of hydrogen-bond donors (Lipinski definition) is 0. The number of rotatable bonds is 4. The fourth-order valence-corrected chi connectivity index (χ4v) is 2.74. The summed E-state index contributed by atoms with van der Waals surface area (Å²) in [4.78, 5) is 0. The highest BCUT2D eigenvalue weighted by Gasteiger charge is 2.51. The summed E-state index contributed by atoms with van der Waals surface area (Å²) in [7, 11) is -0.452. The molecule has 0 bridgehead atoms. The van der Waals surface area contributed by atoms with Crippen molar-refractivity contribution in [3.8, 4) is 5.75 Å². The Bertz CT molecular complexity index is 786. The van der Waals surface area contributed by atoms with E-state index in [1.165, 1.54) is 0 Å². The van der Waals surface area contributed by atoms with Crippen LogP contribution in [-0.4, -0.2) is 31.1 Å². The molecule has 2 aromatic rings. The van der Waals surface area contributed by atoms with Crippen LogP contribution < -0.4 is 10.2 Å². The van der Waals surface area contributed by atoms with Crippen LogP contribution in [-0.2, 0) is 9.31 Å². The third-order valence-corrected chi connectivity index (χ3v) is 5.02. The van der Waals surface area contributed by atoms with Gasteiger partial charge in [0, 0.05) is 0 Å². The van der Waals surface area contributed by atoms with Gasteiger partial charge in [-0.3, -0.25) is 0 Å². The molecule has 3 rings (SSSR count). The zero-order chi connectivity index (χ0) is 19.2. The van der Waals surface area contributed by atoms with E-state index in [-0.39, 0.29) is 6.61 Å². The Kier molecular flexibility index (Phi) is 4.73. The van der Waals surface area contributed by atoms with Crippen molar-refractivity contribution in [2.75, 3.05) is 6.61 Å². The molecule has 0 N–H and O–H groups in total. The molecular weight excluding hydrogens is 344 g/mol. The molecule has 1 fully saturated rings. The molecule has 1 saturated heterocycles. The highest BCUT2D eigenvalue weighted by molar-refractivity contribution is 6.62. The molecular formula is C19H22BF3O3. The number of fused-ring (bicyclic) bond motifs is 1. The Hall–Kier alpha value is -1.73. The van der Waals surface area contributed by atoms with Crippen LogP contribution in [0.1, 0.15) is 34.1 Å². The summed E-state index contributed by atoms with van der Waals surface area (Å²) in [5.41, 5.74) is 0.0768. The zero-order valence-electron chi connectivity index (χ0n) is 15.3. The summed E-state index contributed by atoms with van der Waals surface area (Å²) in [6.07, 6.45) is -5.18. The summed E-state index contributed by atoms with van der Waals surface area (Å²) in [6, 6.07) is 11.0. The van der Waals surface area contributed by atoms with Crippen molar-refractivity contribution in [1.82, 2.24) is 0 Å². The van der Waals surface area contributed by atoms with Gasteiger partial charge in [0.1, 0.15) is 5.75 Å². The van der Waals surface area contributed by atoms with Crippen LogP contribution in [0, 0.1) is 0 Å². The Morgan fingerprint density at radius 1 is 0.923 bits per heavy atom. The average molecular weight is 366 g/mol. The second kappa shape index (κ2) is 6.46. The zero-order valence-corrected chi connectivity index (χ0v) is 15.3. The first-order valence-corrected chi connectivity index (χ1v) is 8.56. The summed E-state index contributed by atoms with van der Waals surface area (Å²) in [6.45, 7) is 7.61. The predicted molar refractivity (Wildman–Crippen MR) is 95.8 cm³/mol. The van der Waals surface area contributed by atoms with Crippen LogP contribution in [0.2, 0.25) is 0 Å². The summed E-state index contributed by atoms with van der Waals surface area (Å²) in [5.74, 6) is 0.421. The Morgan fingerprint density at radius 2 is 1.50 bits per heavy atom. The van der Waals surface area contributed by atoms with E-state index < -0.39 is 30.9 Å². The van der Waals surface area contributed by atoms with Gasteiger partial charge >= 0.3 is 13.3 Å². The molecule has 7 heteroatoms. The number of halogens is 3. The van der Waals surface area contributed by atoms with Gasteiger partial charge in [-0.2, -0.15) is 13.2 Å². The predicted octanol–water partition coefficient (Wildman–Crippen LogP) is 4.47. The lowest BCUT2D eigenvalue weighted by Gasteiger charge is -2.32. The molecule has 1 heterocycles. The molecule has 0 aliphatic carbocycles. The molecule has 0 spiro atoms.